The average molecular weight is 195 g/mol. The Morgan fingerprint density at radius 1 is 1.54 bits per heavy atom. The van der Waals surface area contributed by atoms with Gasteiger partial charge in [0.05, 0.1) is 21.4 Å². The van der Waals surface area contributed by atoms with E-state index in [1.165, 1.54) is 12.3 Å². The Balaban J connectivity index is 2.57. The standard InChI is InChI=1S/C8H5NO3S/c10-8(11)7-4-5-6(13(7)12)2-1-3-9-5/h1-4H,(H,10,11). The van der Waals surface area contributed by atoms with Crippen molar-refractivity contribution in [3.05, 3.63) is 28.9 Å². The van der Waals surface area contributed by atoms with E-state index in [0.717, 1.165) is 0 Å². The highest BCUT2D eigenvalue weighted by atomic mass is 32.2. The topological polar surface area (TPSA) is 67.3 Å². The predicted octanol–water partition coefficient (Wildman–Crippen LogP) is 0.628. The van der Waals surface area contributed by atoms with Crippen LogP contribution in [0.2, 0.25) is 0 Å². The van der Waals surface area contributed by atoms with Crippen molar-refractivity contribution in [2.75, 3.05) is 0 Å². The molecule has 1 aromatic heterocycles. The summed E-state index contributed by atoms with van der Waals surface area (Å²) in [5, 5.41) is 8.67. The lowest BCUT2D eigenvalue weighted by molar-refractivity contribution is -0.131. The fourth-order valence-electron chi connectivity index (χ4n) is 1.11. The van der Waals surface area contributed by atoms with E-state index in [1.807, 2.05) is 0 Å². The summed E-state index contributed by atoms with van der Waals surface area (Å²) in [6.07, 6.45) is 2.88. The summed E-state index contributed by atoms with van der Waals surface area (Å²) in [6, 6.07) is 3.25. The summed E-state index contributed by atoms with van der Waals surface area (Å²) < 4.78 is 11.5. The van der Waals surface area contributed by atoms with Gasteiger partial charge in [-0.2, -0.15) is 0 Å². The minimum absolute atomic E-state index is 0.103. The zero-order chi connectivity index (χ0) is 9.42. The first-order chi connectivity index (χ1) is 6.20. The molecule has 66 valence electrons. The Kier molecular flexibility index (Phi) is 1.73. The van der Waals surface area contributed by atoms with E-state index in [1.54, 1.807) is 12.1 Å². The maximum Gasteiger partial charge on any atom is 0.345 e. The smallest absolute Gasteiger partial charge is 0.345 e. The van der Waals surface area contributed by atoms with Crippen LogP contribution in [0.1, 0.15) is 5.69 Å². The molecule has 0 aromatic carbocycles. The molecule has 1 atom stereocenters. The zero-order valence-corrected chi connectivity index (χ0v) is 7.25. The van der Waals surface area contributed by atoms with Crippen molar-refractivity contribution in [3.8, 4) is 0 Å². The van der Waals surface area contributed by atoms with Crippen molar-refractivity contribution in [2.24, 2.45) is 0 Å². The van der Waals surface area contributed by atoms with Gasteiger partial charge in [-0.05, 0) is 18.2 Å². The number of rotatable bonds is 1. The van der Waals surface area contributed by atoms with E-state index < -0.39 is 16.8 Å². The summed E-state index contributed by atoms with van der Waals surface area (Å²) in [4.78, 5) is 14.9. The molecule has 0 aliphatic carbocycles. The molecule has 4 nitrogen and oxygen atoms in total. The van der Waals surface area contributed by atoms with Gasteiger partial charge in [-0.1, -0.05) is 0 Å². The molecule has 1 unspecified atom stereocenters. The van der Waals surface area contributed by atoms with Crippen LogP contribution in [0.15, 0.2) is 28.1 Å². The van der Waals surface area contributed by atoms with E-state index in [4.69, 9.17) is 5.11 Å². The molecular weight excluding hydrogens is 190 g/mol. The lowest BCUT2D eigenvalue weighted by Gasteiger charge is -1.94. The number of aromatic nitrogens is 1. The molecule has 0 amide bonds. The number of carbonyl (C=O) groups is 1. The number of pyridine rings is 1. The Morgan fingerprint density at radius 3 is 2.92 bits per heavy atom. The fourth-order valence-corrected chi connectivity index (χ4v) is 2.22. The molecule has 0 bridgehead atoms. The van der Waals surface area contributed by atoms with Gasteiger partial charge in [-0.25, -0.2) is 9.00 Å². The van der Waals surface area contributed by atoms with Crippen molar-refractivity contribution < 1.29 is 14.1 Å². The molecule has 1 aliphatic heterocycles. The Morgan fingerprint density at radius 2 is 2.31 bits per heavy atom. The third-order valence-corrected chi connectivity index (χ3v) is 3.11. The maximum atomic E-state index is 11.5. The van der Waals surface area contributed by atoms with Crippen LogP contribution in [0.5, 0.6) is 0 Å². The molecule has 5 heteroatoms. The van der Waals surface area contributed by atoms with Gasteiger partial charge in [-0.3, -0.25) is 4.98 Å². The van der Waals surface area contributed by atoms with Crippen molar-refractivity contribution >= 4 is 22.8 Å². The monoisotopic (exact) mass is 195 g/mol. The highest BCUT2D eigenvalue weighted by Crippen LogP contribution is 2.27. The molecule has 0 spiro atoms. The summed E-state index contributed by atoms with van der Waals surface area (Å²) in [7, 11) is -1.57. The van der Waals surface area contributed by atoms with Crippen molar-refractivity contribution in [1.82, 2.24) is 4.98 Å². The number of hydrogen-bond donors (Lipinski definition) is 1. The molecule has 0 radical (unpaired) electrons. The van der Waals surface area contributed by atoms with Gasteiger partial charge in [0.1, 0.15) is 4.91 Å². The first-order valence-electron chi connectivity index (χ1n) is 3.52. The van der Waals surface area contributed by atoms with E-state index in [2.05, 4.69) is 4.98 Å². The summed E-state index contributed by atoms with van der Waals surface area (Å²) in [5.74, 6) is -1.16. The van der Waals surface area contributed by atoms with E-state index in [-0.39, 0.29) is 4.91 Å². The van der Waals surface area contributed by atoms with Crippen LogP contribution >= 0.6 is 0 Å². The van der Waals surface area contributed by atoms with Gasteiger partial charge in [0.25, 0.3) is 0 Å². The lowest BCUT2D eigenvalue weighted by Crippen LogP contribution is -2.02. The van der Waals surface area contributed by atoms with E-state index in [0.29, 0.717) is 10.6 Å². The molecule has 2 heterocycles. The number of nitrogens with zero attached hydrogens (tertiary/aromatic N) is 1. The first-order valence-corrected chi connectivity index (χ1v) is 4.67. The molecule has 1 aromatic rings. The number of hydrogen-bond acceptors (Lipinski definition) is 3. The van der Waals surface area contributed by atoms with Gasteiger partial charge < -0.3 is 5.11 Å². The third-order valence-electron chi connectivity index (χ3n) is 1.68. The molecule has 0 saturated carbocycles. The van der Waals surface area contributed by atoms with E-state index in [9.17, 15) is 9.00 Å². The molecule has 0 saturated heterocycles. The van der Waals surface area contributed by atoms with Crippen molar-refractivity contribution in [1.29, 1.82) is 0 Å². The third kappa shape index (κ3) is 1.17. The average Bonchev–Trinajstić information content (AvgIpc) is 2.45. The number of fused-ring (bicyclic) bond motifs is 1. The minimum Gasteiger partial charge on any atom is -0.477 e. The molecule has 1 N–H and O–H groups in total. The number of aliphatic carboxylic acids is 1. The second-order valence-electron chi connectivity index (χ2n) is 2.47. The predicted molar refractivity (Wildman–Crippen MR) is 46.3 cm³/mol. The number of carboxylic acids is 1. The van der Waals surface area contributed by atoms with Gasteiger partial charge in [-0.15, -0.1) is 0 Å². The van der Waals surface area contributed by atoms with E-state index >= 15 is 0 Å². The Labute approximate surface area is 76.4 Å². The van der Waals surface area contributed by atoms with Gasteiger partial charge in [0.15, 0.2) is 0 Å². The van der Waals surface area contributed by atoms with Crippen LogP contribution in [0, 0.1) is 0 Å². The highest BCUT2D eigenvalue weighted by Gasteiger charge is 2.26. The molecule has 0 fully saturated rings. The van der Waals surface area contributed by atoms with Crippen molar-refractivity contribution in [2.45, 2.75) is 4.90 Å². The second-order valence-corrected chi connectivity index (χ2v) is 3.89. The van der Waals surface area contributed by atoms with Crippen molar-refractivity contribution in [3.63, 3.8) is 0 Å². The molecule has 13 heavy (non-hydrogen) atoms. The normalized spacial score (nSPS) is 19.4. The largest absolute Gasteiger partial charge is 0.477 e. The molecule has 1 aliphatic rings. The van der Waals surface area contributed by atoms with Crippen LogP contribution in [0.25, 0.3) is 6.08 Å². The van der Waals surface area contributed by atoms with Crippen LogP contribution in [0.3, 0.4) is 0 Å². The SMILES string of the molecule is O=C(O)C1=Cc2ncccc2S1=O. The number of carboxylic acid groups (broad SMARTS) is 1. The Bertz CT molecular complexity index is 439. The lowest BCUT2D eigenvalue weighted by atomic mass is 10.3. The summed E-state index contributed by atoms with van der Waals surface area (Å²) in [6.45, 7) is 0. The van der Waals surface area contributed by atoms with Crippen LogP contribution in [-0.2, 0) is 15.6 Å². The highest BCUT2D eigenvalue weighted by molar-refractivity contribution is 7.90. The quantitative estimate of drug-likeness (QED) is 0.713. The van der Waals surface area contributed by atoms with Crippen LogP contribution in [0.4, 0.5) is 0 Å². The summed E-state index contributed by atoms with van der Waals surface area (Å²) >= 11 is 0. The van der Waals surface area contributed by atoms with Gasteiger partial charge in [0, 0.05) is 6.20 Å². The van der Waals surface area contributed by atoms with Gasteiger partial charge >= 0.3 is 5.97 Å². The van der Waals surface area contributed by atoms with Gasteiger partial charge in [0.2, 0.25) is 0 Å². The maximum absolute atomic E-state index is 11.5. The Hall–Kier alpha value is -1.49. The van der Waals surface area contributed by atoms with Crippen LogP contribution < -0.4 is 0 Å². The fraction of sp³-hybridized carbons (Fsp3) is 0. The molecule has 2 rings (SSSR count). The second kappa shape index (κ2) is 2.77. The first kappa shape index (κ1) is 8.12. The summed E-state index contributed by atoms with van der Waals surface area (Å²) in [5.41, 5.74) is 0.484. The van der Waals surface area contributed by atoms with Crippen LogP contribution in [-0.4, -0.2) is 20.3 Å². The molecular formula is C8H5NO3S. The minimum atomic E-state index is -1.57. The zero-order valence-electron chi connectivity index (χ0n) is 6.43.